The minimum absolute atomic E-state index is 0. The molecule has 0 heterocycles. The van der Waals surface area contributed by atoms with Crippen LogP contribution < -0.4 is 0 Å². The van der Waals surface area contributed by atoms with Crippen LogP contribution >= 0.6 is 0 Å². The first-order valence-corrected chi connectivity index (χ1v) is 4.37. The van der Waals surface area contributed by atoms with Gasteiger partial charge in [-0.15, -0.1) is 0 Å². The Morgan fingerprint density at radius 1 is 1.33 bits per heavy atom. The van der Waals surface area contributed by atoms with E-state index in [1.165, 1.54) is 0 Å². The fraction of sp³-hybridized carbons (Fsp3) is 0. The molecule has 0 aliphatic heterocycles. The van der Waals surface area contributed by atoms with Gasteiger partial charge in [0.2, 0.25) is 0 Å². The molecule has 0 atom stereocenters. The Labute approximate surface area is 80.9 Å². The van der Waals surface area contributed by atoms with E-state index in [2.05, 4.69) is 0 Å². The Morgan fingerprint density at radius 2 is 1.33 bits per heavy atom. The van der Waals surface area contributed by atoms with Crippen LogP contribution in [-0.2, 0) is 3.08 Å². The summed E-state index contributed by atoms with van der Waals surface area (Å²) in [5, 5.41) is 0. The Bertz CT molecular complexity index is 33.8. The van der Waals surface area contributed by atoms with Crippen molar-refractivity contribution in [2.45, 2.75) is 0 Å². The molecule has 0 saturated carbocycles. The summed E-state index contributed by atoms with van der Waals surface area (Å²) in [5.41, 5.74) is 0. The van der Waals surface area contributed by atoms with Crippen molar-refractivity contribution in [3.8, 4) is 0 Å². The Hall–Kier alpha value is 2.26. The summed E-state index contributed by atoms with van der Waals surface area (Å²) in [7, 11) is 0. The molecular weight excluding hydrogens is 496 g/mol. The molecule has 6 heteroatoms. The van der Waals surface area contributed by atoms with Gasteiger partial charge in [0.05, 0.1) is 0 Å². The van der Waals surface area contributed by atoms with E-state index < -0.39 is 20.6 Å². The van der Waals surface area contributed by atoms with Crippen molar-refractivity contribution in [1.82, 2.24) is 0 Å². The van der Waals surface area contributed by atoms with E-state index in [1.54, 1.807) is 0 Å². The molecule has 0 aromatic heterocycles. The molecule has 0 aromatic carbocycles. The zero-order valence-electron chi connectivity index (χ0n) is 3.22. The maximum absolute atomic E-state index is 8.84. The second kappa shape index (κ2) is 10.3. The molecule has 0 saturated heterocycles. The predicted molar refractivity (Wildman–Crippen MR) is 29.4 cm³/mol. The van der Waals surface area contributed by atoms with Gasteiger partial charge >= 0.3 is 82.3 Å². The predicted octanol–water partition coefficient (Wildman–Crippen LogP) is -3.71. The van der Waals surface area contributed by atoms with Gasteiger partial charge in [-0.25, -0.2) is 0 Å². The Balaban J connectivity index is -0.0000000450. The summed E-state index contributed by atoms with van der Waals surface area (Å²) in [6.07, 6.45) is 0. The first-order valence-electron chi connectivity index (χ1n) is 0.651. The summed E-state index contributed by atoms with van der Waals surface area (Å²) in [6, 6.07) is 0. The van der Waals surface area contributed by atoms with E-state index in [0.29, 0.717) is 0 Å². The first-order chi connectivity index (χ1) is 1.73. The van der Waals surface area contributed by atoms with Crippen molar-refractivity contribution in [3.63, 3.8) is 0 Å². The normalized spacial score (nSPS) is 4.33. The van der Waals surface area contributed by atoms with Crippen LogP contribution in [0.25, 0.3) is 0 Å². The second-order valence-corrected chi connectivity index (χ2v) is 1.90. The topological polar surface area (TPSA) is 57.5 Å². The fourth-order valence-corrected chi connectivity index (χ4v) is 0. The summed E-state index contributed by atoms with van der Waals surface area (Å²) in [4.78, 5) is 0. The molecule has 0 unspecified atom stereocenters. The molecular formula is H7O3PbSbSn. The molecule has 2 radical (unpaired) electrons. The fourth-order valence-electron chi connectivity index (χ4n) is 0. The average molecular weight is 503 g/mol. The van der Waals surface area contributed by atoms with Gasteiger partial charge in [-0.05, 0) is 0 Å². The summed E-state index contributed by atoms with van der Waals surface area (Å²) in [6.45, 7) is 0. The third-order valence-electron chi connectivity index (χ3n) is 0. The maximum atomic E-state index is 8.84. The zero-order valence-corrected chi connectivity index (χ0v) is 15.6. The molecule has 6 heavy (non-hydrogen) atoms. The van der Waals surface area contributed by atoms with Gasteiger partial charge in [0, 0.05) is 0 Å². The van der Waals surface area contributed by atoms with Crippen molar-refractivity contribution in [3.05, 3.63) is 0 Å². The Morgan fingerprint density at radius 3 is 1.33 bits per heavy atom. The molecule has 0 rings (SSSR count). The molecule has 3 nitrogen and oxygen atoms in total. The van der Waals surface area contributed by atoms with Crippen molar-refractivity contribution in [2.75, 3.05) is 0 Å². The van der Waals surface area contributed by atoms with E-state index >= 15 is 0 Å². The monoisotopic (exact) mass is 504 g/mol. The molecule has 2 N–H and O–H groups in total. The summed E-state index contributed by atoms with van der Waals surface area (Å²) in [5.74, 6) is 0. The third kappa shape index (κ3) is 33.9. The molecule has 0 aromatic rings. The van der Waals surface area contributed by atoms with Gasteiger partial charge in [0.25, 0.3) is 0 Å². The molecule has 0 fully saturated rings. The minimum atomic E-state index is -3.79. The van der Waals surface area contributed by atoms with Gasteiger partial charge in [-0.2, -0.15) is 0 Å². The Kier molecular flexibility index (Phi) is 27.0. The molecule has 0 aliphatic rings. The average Bonchev–Trinajstić information content (AvgIpc) is 0.811. The van der Waals surface area contributed by atoms with Gasteiger partial charge < -0.3 is 0 Å². The van der Waals surface area contributed by atoms with Crippen molar-refractivity contribution < 1.29 is 9.96 Å². The summed E-state index contributed by atoms with van der Waals surface area (Å²) >= 11 is -3.79. The summed E-state index contributed by atoms with van der Waals surface area (Å²) < 4.78 is 23.3. The van der Waals surface area contributed by atoms with E-state index in [1.807, 2.05) is 0 Å². The van der Waals surface area contributed by atoms with Crippen LogP contribution in [0.5, 0.6) is 0 Å². The van der Waals surface area contributed by atoms with Crippen LogP contribution in [0.3, 0.4) is 0 Å². The molecule has 0 spiro atoms. The van der Waals surface area contributed by atoms with Crippen LogP contribution in [0, 0.1) is 0 Å². The van der Waals surface area contributed by atoms with Gasteiger partial charge in [-0.1, -0.05) is 0 Å². The van der Waals surface area contributed by atoms with Crippen LogP contribution in [-0.4, -0.2) is 79.2 Å². The molecule has 0 bridgehead atoms. The molecule has 0 amide bonds. The SMILES string of the molecule is [O]=[Sn]([OH])[OH].[PbH2].[SbH3]. The number of hydrogen-bond acceptors (Lipinski definition) is 1. The van der Waals surface area contributed by atoms with Gasteiger partial charge in [0.1, 0.15) is 0 Å². The number of rotatable bonds is 0. The molecule has 0 aliphatic carbocycles. The van der Waals surface area contributed by atoms with Crippen LogP contribution in [0.15, 0.2) is 0 Å². The second-order valence-electron chi connectivity index (χ2n) is 0.283. The standard InChI is InChI=1S/2H2O.O.Pb.Sb.Sn.5H/h2*1H2;;;;;;;;;/q;;;;;+2;;;;;/p-2. The van der Waals surface area contributed by atoms with Crippen LogP contribution in [0.2, 0.25) is 0 Å². The van der Waals surface area contributed by atoms with E-state index in [9.17, 15) is 0 Å². The molecule has 38 valence electrons. The quantitative estimate of drug-likeness (QED) is 0.335. The first kappa shape index (κ1) is 15.7. The van der Waals surface area contributed by atoms with E-state index in [4.69, 9.17) is 9.96 Å². The van der Waals surface area contributed by atoms with E-state index in [0.717, 1.165) is 0 Å². The van der Waals surface area contributed by atoms with Gasteiger partial charge in [-0.3, -0.25) is 0 Å². The van der Waals surface area contributed by atoms with Crippen molar-refractivity contribution in [2.24, 2.45) is 0 Å². The van der Waals surface area contributed by atoms with Gasteiger partial charge in [0.15, 0.2) is 0 Å². The van der Waals surface area contributed by atoms with Crippen LogP contribution in [0.1, 0.15) is 0 Å². The van der Waals surface area contributed by atoms with Crippen molar-refractivity contribution in [1.29, 1.82) is 0 Å². The third-order valence-corrected chi connectivity index (χ3v) is 0. The number of hydrogen-bond donors (Lipinski definition) is 2. The van der Waals surface area contributed by atoms with Crippen LogP contribution in [0.4, 0.5) is 0 Å². The zero-order chi connectivity index (χ0) is 3.58. The van der Waals surface area contributed by atoms with E-state index in [-0.39, 0.29) is 51.7 Å². The van der Waals surface area contributed by atoms with Crippen molar-refractivity contribution >= 4 is 72.3 Å².